The number of imidazole rings is 1. The van der Waals surface area contributed by atoms with Crippen molar-refractivity contribution in [1.29, 1.82) is 0 Å². The first-order valence-electron chi connectivity index (χ1n) is 12.3. The Morgan fingerprint density at radius 2 is 2.03 bits per heavy atom. The zero-order valence-electron chi connectivity index (χ0n) is 21.0. The maximum atomic E-state index is 13.1. The van der Waals surface area contributed by atoms with Gasteiger partial charge in [-0.05, 0) is 56.7 Å². The Kier molecular flexibility index (Phi) is 5.98. The van der Waals surface area contributed by atoms with Gasteiger partial charge in [0.25, 0.3) is 0 Å². The minimum absolute atomic E-state index is 0.0247. The number of carbonyl (C=O) groups excluding carboxylic acids is 2. The van der Waals surface area contributed by atoms with Crippen LogP contribution in [0.4, 0.5) is 0 Å². The van der Waals surface area contributed by atoms with Crippen molar-refractivity contribution in [2.24, 2.45) is 18.9 Å². The molecule has 8 heteroatoms. The summed E-state index contributed by atoms with van der Waals surface area (Å²) in [5.74, 6) is -0.0923. The number of aromatic nitrogens is 4. The number of rotatable bonds is 4. The van der Waals surface area contributed by atoms with E-state index >= 15 is 0 Å². The topological polar surface area (TPSA) is 107 Å². The number of allylic oxidation sites excluding steroid dienone is 1. The van der Waals surface area contributed by atoms with Crippen LogP contribution in [0.15, 0.2) is 48.6 Å². The Morgan fingerprint density at radius 3 is 2.67 bits per heavy atom. The van der Waals surface area contributed by atoms with Crippen LogP contribution in [0.1, 0.15) is 59.7 Å². The van der Waals surface area contributed by atoms with Gasteiger partial charge in [0.15, 0.2) is 5.78 Å². The van der Waals surface area contributed by atoms with Crippen LogP contribution in [0.3, 0.4) is 0 Å². The summed E-state index contributed by atoms with van der Waals surface area (Å²) in [6, 6.07) is 7.42. The number of esters is 1. The third-order valence-corrected chi connectivity index (χ3v) is 7.81. The highest BCUT2D eigenvalue weighted by atomic mass is 16.5. The van der Waals surface area contributed by atoms with Gasteiger partial charge in [-0.25, -0.2) is 19.7 Å². The van der Waals surface area contributed by atoms with Crippen LogP contribution in [0, 0.1) is 18.8 Å². The molecular formula is C28H30N4O4. The monoisotopic (exact) mass is 486 g/mol. The van der Waals surface area contributed by atoms with Crippen LogP contribution in [0.5, 0.6) is 0 Å². The fourth-order valence-corrected chi connectivity index (χ4v) is 6.16. The Bertz CT molecular complexity index is 1370. The molecule has 1 saturated carbocycles. The molecule has 2 aromatic heterocycles. The maximum Gasteiger partial charge on any atom is 0.338 e. The van der Waals surface area contributed by atoms with E-state index in [0.717, 1.165) is 47.3 Å². The number of hydrogen-bond donors (Lipinski definition) is 1. The van der Waals surface area contributed by atoms with Crippen molar-refractivity contribution in [3.05, 3.63) is 76.8 Å². The van der Waals surface area contributed by atoms with Crippen molar-refractivity contribution >= 4 is 11.8 Å². The number of Topliss-reactive ketones (excluding diaryl/α,β-unsaturated/α-hetero) is 1. The molecule has 1 aromatic carbocycles. The molecule has 0 aliphatic heterocycles. The number of aliphatic hydroxyl groups is 1. The molecule has 0 saturated heterocycles. The third-order valence-electron chi connectivity index (χ3n) is 7.81. The number of fused-ring (bicyclic) bond motifs is 3. The molecular weight excluding hydrogens is 456 g/mol. The normalized spacial score (nSPS) is 24.3. The highest BCUT2D eigenvalue weighted by molar-refractivity contribution is 5.99. The zero-order chi connectivity index (χ0) is 25.6. The summed E-state index contributed by atoms with van der Waals surface area (Å²) < 4.78 is 7.11. The minimum Gasteiger partial charge on any atom is -0.515 e. The van der Waals surface area contributed by atoms with Gasteiger partial charge in [0.2, 0.25) is 0 Å². The molecule has 3 aromatic rings. The summed E-state index contributed by atoms with van der Waals surface area (Å²) in [4.78, 5) is 39.6. The number of carbonyl (C=O) groups is 2. The van der Waals surface area contributed by atoms with E-state index in [2.05, 4.69) is 4.98 Å². The average Bonchev–Trinajstić information content (AvgIpc) is 3.31. The highest BCUT2D eigenvalue weighted by Crippen LogP contribution is 2.56. The molecule has 1 fully saturated rings. The standard InChI is InChI=1S/C28H30N4O4/c1-5-36-27(35)18-6-8-20(9-7-18)28-12-19(14-33)25(34)16(2)22(28)11-10-21-24(23-13-29-15-32(23)4)30-17(3)31-26(21)28/h6-9,13-16,22,33H,5,10-12H2,1-4H3/t16-,22-,28?/m0/s1. The van der Waals surface area contributed by atoms with E-state index < -0.39 is 5.41 Å². The van der Waals surface area contributed by atoms with Crippen LogP contribution in [0.2, 0.25) is 0 Å². The number of nitrogens with zero attached hydrogens (tertiary/aromatic N) is 4. The minimum atomic E-state index is -0.663. The van der Waals surface area contributed by atoms with Crippen molar-refractivity contribution in [2.75, 3.05) is 6.61 Å². The van der Waals surface area contributed by atoms with Crippen molar-refractivity contribution in [1.82, 2.24) is 19.5 Å². The first-order chi connectivity index (χ1) is 17.3. The summed E-state index contributed by atoms with van der Waals surface area (Å²) in [6.07, 6.45) is 6.34. The summed E-state index contributed by atoms with van der Waals surface area (Å²) in [5, 5.41) is 10.1. The summed E-state index contributed by atoms with van der Waals surface area (Å²) in [6.45, 7) is 5.90. The molecule has 0 amide bonds. The van der Waals surface area contributed by atoms with Gasteiger partial charge < -0.3 is 14.4 Å². The highest BCUT2D eigenvalue weighted by Gasteiger charge is 2.55. The number of benzene rings is 1. The zero-order valence-corrected chi connectivity index (χ0v) is 21.0. The molecule has 0 radical (unpaired) electrons. The lowest BCUT2D eigenvalue weighted by Gasteiger charge is -2.51. The van der Waals surface area contributed by atoms with Gasteiger partial charge in [-0.2, -0.15) is 0 Å². The SMILES string of the molecule is CCOC(=O)c1ccc(C23CC(=CO)C(=O)[C@@H](C)[C@@H]2CCc2c(-c4cncn4C)nc(C)nc23)cc1. The van der Waals surface area contributed by atoms with Crippen LogP contribution in [0.25, 0.3) is 11.4 Å². The van der Waals surface area contributed by atoms with Gasteiger partial charge in [0.05, 0.1) is 48.0 Å². The van der Waals surface area contributed by atoms with E-state index in [1.54, 1.807) is 31.6 Å². The quantitative estimate of drug-likeness (QED) is 0.333. The molecule has 0 spiro atoms. The molecule has 186 valence electrons. The molecule has 5 rings (SSSR count). The first kappa shape index (κ1) is 23.9. The van der Waals surface area contributed by atoms with Gasteiger partial charge in [-0.3, -0.25) is 4.79 Å². The predicted octanol–water partition coefficient (Wildman–Crippen LogP) is 4.26. The van der Waals surface area contributed by atoms with Gasteiger partial charge in [0.1, 0.15) is 5.82 Å². The molecule has 2 aliphatic carbocycles. The van der Waals surface area contributed by atoms with E-state index in [0.29, 0.717) is 30.0 Å². The lowest BCUT2D eigenvalue weighted by Crippen LogP contribution is -2.51. The maximum absolute atomic E-state index is 13.1. The van der Waals surface area contributed by atoms with Crippen LogP contribution in [-0.2, 0) is 28.4 Å². The molecule has 3 atom stereocenters. The average molecular weight is 487 g/mol. The molecule has 2 heterocycles. The molecule has 1 unspecified atom stereocenters. The third kappa shape index (κ3) is 3.54. The number of ether oxygens (including phenoxy) is 1. The number of aryl methyl sites for hydroxylation is 2. The summed E-state index contributed by atoms with van der Waals surface area (Å²) in [5.41, 5.74) is 4.81. The second-order valence-electron chi connectivity index (χ2n) is 9.73. The summed E-state index contributed by atoms with van der Waals surface area (Å²) >= 11 is 0. The second-order valence-corrected chi connectivity index (χ2v) is 9.73. The fourth-order valence-electron chi connectivity index (χ4n) is 6.16. The fraction of sp³-hybridized carbons (Fsp3) is 0.393. The summed E-state index contributed by atoms with van der Waals surface area (Å²) in [7, 11) is 1.94. The van der Waals surface area contributed by atoms with E-state index in [9.17, 15) is 14.7 Å². The number of ketones is 1. The Morgan fingerprint density at radius 1 is 1.28 bits per heavy atom. The van der Waals surface area contributed by atoms with E-state index in [-0.39, 0.29) is 23.6 Å². The van der Waals surface area contributed by atoms with Crippen molar-refractivity contribution in [3.8, 4) is 11.4 Å². The number of hydrogen-bond acceptors (Lipinski definition) is 7. The van der Waals surface area contributed by atoms with Crippen molar-refractivity contribution in [3.63, 3.8) is 0 Å². The lowest BCUT2D eigenvalue weighted by molar-refractivity contribution is -0.123. The second kappa shape index (κ2) is 9.00. The Labute approximate surface area is 210 Å². The number of aliphatic hydroxyl groups excluding tert-OH is 1. The van der Waals surface area contributed by atoms with Gasteiger partial charge >= 0.3 is 5.97 Å². The largest absolute Gasteiger partial charge is 0.515 e. The van der Waals surface area contributed by atoms with Gasteiger partial charge in [-0.1, -0.05) is 19.1 Å². The molecule has 2 aliphatic rings. The predicted molar refractivity (Wildman–Crippen MR) is 133 cm³/mol. The van der Waals surface area contributed by atoms with E-state index in [1.807, 2.05) is 37.6 Å². The van der Waals surface area contributed by atoms with Crippen molar-refractivity contribution in [2.45, 2.75) is 45.4 Å². The Hall–Kier alpha value is -3.81. The molecule has 8 nitrogen and oxygen atoms in total. The molecule has 36 heavy (non-hydrogen) atoms. The van der Waals surface area contributed by atoms with Gasteiger partial charge in [-0.15, -0.1) is 0 Å². The van der Waals surface area contributed by atoms with Crippen LogP contribution < -0.4 is 0 Å². The van der Waals surface area contributed by atoms with E-state index in [4.69, 9.17) is 14.7 Å². The smallest absolute Gasteiger partial charge is 0.338 e. The Balaban J connectivity index is 1.77. The van der Waals surface area contributed by atoms with Crippen molar-refractivity contribution < 1.29 is 19.4 Å². The molecule has 0 bridgehead atoms. The van der Waals surface area contributed by atoms with Gasteiger partial charge in [0, 0.05) is 29.5 Å². The van der Waals surface area contributed by atoms with E-state index in [1.165, 1.54) is 0 Å². The first-order valence-corrected chi connectivity index (χ1v) is 12.3. The lowest BCUT2D eigenvalue weighted by atomic mass is 9.52. The molecule has 1 N–H and O–H groups in total. The van der Waals surface area contributed by atoms with Crippen LogP contribution >= 0.6 is 0 Å². The van der Waals surface area contributed by atoms with Crippen LogP contribution in [-0.4, -0.2) is 43.0 Å².